The number of nitrogens with zero attached hydrogens (tertiary/aromatic N) is 1. The lowest BCUT2D eigenvalue weighted by Gasteiger charge is -2.24. The highest BCUT2D eigenvalue weighted by molar-refractivity contribution is 9.10. The van der Waals surface area contributed by atoms with Gasteiger partial charge in [0.2, 0.25) is 15.9 Å². The third-order valence-corrected chi connectivity index (χ3v) is 5.73. The molecule has 0 unspecified atom stereocenters. The molecular formula is C16H23BrN2O3S. The van der Waals surface area contributed by atoms with E-state index in [1.807, 2.05) is 6.07 Å². The zero-order valence-electron chi connectivity index (χ0n) is 13.3. The Morgan fingerprint density at radius 1 is 1.30 bits per heavy atom. The number of carbonyl (C=O) groups excluding carboxylic acids is 1. The highest BCUT2D eigenvalue weighted by atomic mass is 79.9. The highest BCUT2D eigenvalue weighted by Gasteiger charge is 2.22. The van der Waals surface area contributed by atoms with Crippen molar-refractivity contribution in [1.29, 1.82) is 0 Å². The average Bonchev–Trinajstić information content (AvgIpc) is 2.50. The second-order valence-corrected chi connectivity index (χ2v) is 8.88. The van der Waals surface area contributed by atoms with Crippen LogP contribution in [-0.4, -0.2) is 33.7 Å². The monoisotopic (exact) mass is 402 g/mol. The predicted molar refractivity (Wildman–Crippen MR) is 95.9 cm³/mol. The van der Waals surface area contributed by atoms with E-state index in [4.69, 9.17) is 0 Å². The van der Waals surface area contributed by atoms with Gasteiger partial charge in [-0.1, -0.05) is 41.3 Å². The Labute approximate surface area is 146 Å². The van der Waals surface area contributed by atoms with Gasteiger partial charge in [0.15, 0.2) is 0 Å². The van der Waals surface area contributed by atoms with Crippen LogP contribution in [0, 0.1) is 5.92 Å². The van der Waals surface area contributed by atoms with Crippen LogP contribution < -0.4 is 9.62 Å². The lowest BCUT2D eigenvalue weighted by atomic mass is 9.89. The second kappa shape index (κ2) is 8.15. The summed E-state index contributed by atoms with van der Waals surface area (Å²) in [6, 6.07) is 6.93. The third-order valence-electron chi connectivity index (χ3n) is 4.10. The Bertz CT molecular complexity index is 642. The summed E-state index contributed by atoms with van der Waals surface area (Å²) >= 11 is 3.32. The Hall–Kier alpha value is -1.08. The Morgan fingerprint density at radius 2 is 2.00 bits per heavy atom. The molecule has 1 fully saturated rings. The molecule has 1 N–H and O–H groups in total. The summed E-state index contributed by atoms with van der Waals surface area (Å²) in [5.74, 6) is 0.256. The van der Waals surface area contributed by atoms with Crippen molar-refractivity contribution in [3.05, 3.63) is 28.7 Å². The zero-order valence-corrected chi connectivity index (χ0v) is 15.7. The van der Waals surface area contributed by atoms with Crippen molar-refractivity contribution in [2.75, 3.05) is 23.7 Å². The number of benzene rings is 1. The van der Waals surface area contributed by atoms with E-state index in [2.05, 4.69) is 21.2 Å². The van der Waals surface area contributed by atoms with Crippen LogP contribution in [0.15, 0.2) is 28.7 Å². The number of carbonyl (C=O) groups is 1. The lowest BCUT2D eigenvalue weighted by Crippen LogP contribution is -2.41. The molecule has 1 aliphatic rings. The molecule has 0 atom stereocenters. The number of halogens is 1. The highest BCUT2D eigenvalue weighted by Crippen LogP contribution is 2.23. The van der Waals surface area contributed by atoms with Crippen LogP contribution in [0.1, 0.15) is 32.1 Å². The molecule has 128 valence electrons. The number of sulfonamides is 1. The number of anilines is 1. The lowest BCUT2D eigenvalue weighted by molar-refractivity contribution is -0.119. The summed E-state index contributed by atoms with van der Waals surface area (Å²) in [4.78, 5) is 12.2. The van der Waals surface area contributed by atoms with Crippen LogP contribution in [0.5, 0.6) is 0 Å². The van der Waals surface area contributed by atoms with Crippen molar-refractivity contribution in [3.63, 3.8) is 0 Å². The summed E-state index contributed by atoms with van der Waals surface area (Å²) in [5, 5.41) is 2.88. The van der Waals surface area contributed by atoms with Gasteiger partial charge in [0.05, 0.1) is 11.9 Å². The van der Waals surface area contributed by atoms with Crippen molar-refractivity contribution in [1.82, 2.24) is 5.32 Å². The number of rotatable bonds is 6. The van der Waals surface area contributed by atoms with Crippen LogP contribution in [-0.2, 0) is 14.8 Å². The van der Waals surface area contributed by atoms with E-state index in [0.717, 1.165) is 27.9 Å². The first-order chi connectivity index (χ1) is 10.9. The maximum absolute atomic E-state index is 12.2. The first-order valence-corrected chi connectivity index (χ1v) is 10.5. The summed E-state index contributed by atoms with van der Waals surface area (Å²) in [5.41, 5.74) is 0.481. The van der Waals surface area contributed by atoms with E-state index in [1.54, 1.807) is 18.2 Å². The molecule has 1 aromatic carbocycles. The summed E-state index contributed by atoms with van der Waals surface area (Å²) in [7, 11) is -3.52. The average molecular weight is 403 g/mol. The van der Waals surface area contributed by atoms with Gasteiger partial charge in [0.25, 0.3) is 0 Å². The molecule has 23 heavy (non-hydrogen) atoms. The molecule has 1 aromatic rings. The second-order valence-electron chi connectivity index (χ2n) is 6.06. The maximum atomic E-state index is 12.2. The van der Waals surface area contributed by atoms with E-state index < -0.39 is 10.0 Å². The smallest absolute Gasteiger partial charge is 0.240 e. The van der Waals surface area contributed by atoms with Crippen molar-refractivity contribution < 1.29 is 13.2 Å². The summed E-state index contributed by atoms with van der Waals surface area (Å²) in [6.07, 6.45) is 7.10. The minimum absolute atomic E-state index is 0.192. The summed E-state index contributed by atoms with van der Waals surface area (Å²) < 4.78 is 25.9. The van der Waals surface area contributed by atoms with E-state index in [0.29, 0.717) is 18.2 Å². The molecule has 0 radical (unpaired) electrons. The van der Waals surface area contributed by atoms with E-state index in [9.17, 15) is 13.2 Å². The van der Waals surface area contributed by atoms with E-state index in [1.165, 1.54) is 19.3 Å². The molecule has 0 aliphatic heterocycles. The van der Waals surface area contributed by atoms with Gasteiger partial charge in [0, 0.05) is 11.0 Å². The van der Waals surface area contributed by atoms with E-state index in [-0.39, 0.29) is 12.5 Å². The summed E-state index contributed by atoms with van der Waals surface area (Å²) in [6.45, 7) is 0.441. The number of hydrogen-bond donors (Lipinski definition) is 1. The standard InChI is InChI=1S/C16H23BrN2O3S/c1-23(21,22)19(15-9-5-8-14(17)10-15)12-16(20)18-11-13-6-3-2-4-7-13/h5,8-10,13H,2-4,6-7,11-12H2,1H3,(H,18,20). The molecule has 0 heterocycles. The van der Waals surface area contributed by atoms with Crippen molar-refractivity contribution in [2.24, 2.45) is 5.92 Å². The van der Waals surface area contributed by atoms with Gasteiger partial charge in [-0.25, -0.2) is 8.42 Å². The SMILES string of the molecule is CS(=O)(=O)N(CC(=O)NCC1CCCCC1)c1cccc(Br)c1. The Balaban J connectivity index is 1.99. The molecule has 0 spiro atoms. The quantitative estimate of drug-likeness (QED) is 0.795. The molecule has 1 aliphatic carbocycles. The fourth-order valence-corrected chi connectivity index (χ4v) is 4.10. The normalized spacial score (nSPS) is 16.1. The van der Waals surface area contributed by atoms with Crippen LogP contribution in [0.4, 0.5) is 5.69 Å². The molecular weight excluding hydrogens is 380 g/mol. The largest absolute Gasteiger partial charge is 0.354 e. The van der Waals surface area contributed by atoms with Crippen LogP contribution in [0.3, 0.4) is 0 Å². The van der Waals surface area contributed by atoms with Gasteiger partial charge >= 0.3 is 0 Å². The predicted octanol–water partition coefficient (Wildman–Crippen LogP) is 2.91. The van der Waals surface area contributed by atoms with Crippen molar-refractivity contribution in [2.45, 2.75) is 32.1 Å². The van der Waals surface area contributed by atoms with Gasteiger partial charge in [-0.2, -0.15) is 0 Å². The number of hydrogen-bond acceptors (Lipinski definition) is 3. The fourth-order valence-electron chi connectivity index (χ4n) is 2.87. The van der Waals surface area contributed by atoms with Crippen molar-refractivity contribution >= 4 is 37.5 Å². The molecule has 0 saturated heterocycles. The van der Waals surface area contributed by atoms with Crippen LogP contribution in [0.2, 0.25) is 0 Å². The molecule has 0 bridgehead atoms. The molecule has 7 heteroatoms. The number of amides is 1. The Kier molecular flexibility index (Phi) is 6.47. The molecule has 2 rings (SSSR count). The molecule has 5 nitrogen and oxygen atoms in total. The first kappa shape index (κ1) is 18.3. The minimum atomic E-state index is -3.52. The van der Waals surface area contributed by atoms with Gasteiger partial charge in [0.1, 0.15) is 6.54 Å². The van der Waals surface area contributed by atoms with Gasteiger partial charge < -0.3 is 5.32 Å². The molecule has 0 aromatic heterocycles. The molecule has 1 amide bonds. The Morgan fingerprint density at radius 3 is 2.61 bits per heavy atom. The van der Waals surface area contributed by atoms with Gasteiger partial charge in [-0.3, -0.25) is 9.10 Å². The molecule has 1 saturated carbocycles. The minimum Gasteiger partial charge on any atom is -0.354 e. The zero-order chi connectivity index (χ0) is 16.9. The first-order valence-electron chi connectivity index (χ1n) is 7.86. The van der Waals surface area contributed by atoms with Crippen molar-refractivity contribution in [3.8, 4) is 0 Å². The third kappa shape index (κ3) is 5.80. The topological polar surface area (TPSA) is 66.5 Å². The fraction of sp³-hybridized carbons (Fsp3) is 0.562. The van der Waals surface area contributed by atoms with E-state index >= 15 is 0 Å². The maximum Gasteiger partial charge on any atom is 0.240 e. The van der Waals surface area contributed by atoms with Gasteiger partial charge in [-0.15, -0.1) is 0 Å². The van der Waals surface area contributed by atoms with Crippen LogP contribution >= 0.6 is 15.9 Å². The van der Waals surface area contributed by atoms with Gasteiger partial charge in [-0.05, 0) is 37.0 Å². The number of nitrogens with one attached hydrogen (secondary N) is 1. The van der Waals surface area contributed by atoms with Crippen LogP contribution in [0.25, 0.3) is 0 Å².